The van der Waals surface area contributed by atoms with Gasteiger partial charge >= 0.3 is 0 Å². The molecule has 2 aliphatic carbocycles. The Morgan fingerprint density at radius 2 is 1.93 bits per heavy atom. The van der Waals surface area contributed by atoms with Crippen molar-refractivity contribution in [3.05, 3.63) is 45.9 Å². The van der Waals surface area contributed by atoms with Crippen molar-refractivity contribution in [1.82, 2.24) is 14.9 Å². The summed E-state index contributed by atoms with van der Waals surface area (Å²) in [6.45, 7) is 10.5. The van der Waals surface area contributed by atoms with Crippen molar-refractivity contribution in [3.63, 3.8) is 0 Å². The summed E-state index contributed by atoms with van der Waals surface area (Å²) >= 11 is 0. The molecular weight excluding hydrogens is 518 g/mol. The van der Waals surface area contributed by atoms with E-state index in [0.29, 0.717) is 23.7 Å². The predicted octanol–water partition coefficient (Wildman–Crippen LogP) is 7.02. The number of nitrogen functional groups attached to an aromatic ring is 1. The summed E-state index contributed by atoms with van der Waals surface area (Å²) in [4.78, 5) is 11.8. The smallest absolute Gasteiger partial charge is 0.132 e. The third kappa shape index (κ3) is 7.17. The number of nitrogens with zero attached hydrogens (tertiary/aromatic N) is 4. The molecule has 1 saturated carbocycles. The fraction of sp³-hybridized carbons (Fsp3) is 0.667. The van der Waals surface area contributed by atoms with Crippen LogP contribution in [0.1, 0.15) is 118 Å². The van der Waals surface area contributed by atoms with E-state index < -0.39 is 12.3 Å². The number of aromatic nitrogens is 2. The van der Waals surface area contributed by atoms with Gasteiger partial charge in [-0.15, -0.1) is 0 Å². The summed E-state index contributed by atoms with van der Waals surface area (Å²) in [7, 11) is 1.92. The van der Waals surface area contributed by atoms with Gasteiger partial charge < -0.3 is 11.1 Å². The van der Waals surface area contributed by atoms with Crippen LogP contribution in [-0.4, -0.2) is 52.9 Å². The lowest BCUT2D eigenvalue weighted by Crippen LogP contribution is -2.34. The highest BCUT2D eigenvalue weighted by Gasteiger charge is 2.44. The van der Waals surface area contributed by atoms with E-state index in [1.807, 2.05) is 13.1 Å². The van der Waals surface area contributed by atoms with Crippen LogP contribution in [0.2, 0.25) is 0 Å². The van der Waals surface area contributed by atoms with Crippen LogP contribution in [0.4, 0.5) is 20.3 Å². The average Bonchev–Trinajstić information content (AvgIpc) is 3.60. The summed E-state index contributed by atoms with van der Waals surface area (Å²) < 4.78 is 24.0. The molecule has 0 bridgehead atoms. The number of nitrogens with one attached hydrogen (secondary N) is 1. The molecule has 6 rings (SSSR count). The Labute approximate surface area is 245 Å². The van der Waals surface area contributed by atoms with Crippen molar-refractivity contribution in [1.29, 1.82) is 5.26 Å². The van der Waals surface area contributed by atoms with Gasteiger partial charge in [-0.05, 0) is 100 Å². The molecule has 0 amide bonds. The Morgan fingerprint density at radius 3 is 2.51 bits per heavy atom. The lowest BCUT2D eigenvalue weighted by molar-refractivity contribution is 0.217. The molecule has 3 fully saturated rings. The van der Waals surface area contributed by atoms with E-state index >= 15 is 0 Å². The predicted molar refractivity (Wildman–Crippen MR) is 163 cm³/mol. The van der Waals surface area contributed by atoms with Crippen LogP contribution in [-0.2, 0) is 19.3 Å². The van der Waals surface area contributed by atoms with Crippen LogP contribution in [0.15, 0.2) is 12.1 Å². The third-order valence-electron chi connectivity index (χ3n) is 9.34. The number of nitriles is 1. The van der Waals surface area contributed by atoms with Crippen molar-refractivity contribution in [2.45, 2.75) is 122 Å². The lowest BCUT2D eigenvalue weighted by Gasteiger charge is -2.29. The zero-order valence-electron chi connectivity index (χ0n) is 25.6. The molecule has 3 unspecified atom stereocenters. The minimum Gasteiger partial charge on any atom is -0.398 e. The first-order valence-corrected chi connectivity index (χ1v) is 15.6. The Balaban J connectivity index is 0.000000223. The van der Waals surface area contributed by atoms with E-state index in [0.717, 1.165) is 80.8 Å². The van der Waals surface area contributed by atoms with Gasteiger partial charge in [0.2, 0.25) is 0 Å². The fourth-order valence-electron chi connectivity index (χ4n) is 6.61. The third-order valence-corrected chi connectivity index (χ3v) is 9.34. The molecule has 2 aliphatic heterocycles. The normalized spacial score (nSPS) is 25.5. The summed E-state index contributed by atoms with van der Waals surface area (Å²) in [6, 6.07) is 6.38. The minimum atomic E-state index is -0.551. The van der Waals surface area contributed by atoms with Gasteiger partial charge in [-0.1, -0.05) is 26.8 Å². The van der Waals surface area contributed by atoms with Crippen LogP contribution in [0.25, 0.3) is 0 Å². The first-order valence-electron chi connectivity index (χ1n) is 15.6. The maximum absolute atomic E-state index is 12.8. The summed E-state index contributed by atoms with van der Waals surface area (Å²) in [5.41, 5.74) is 12.4. The van der Waals surface area contributed by atoms with Gasteiger partial charge in [0.15, 0.2) is 0 Å². The zero-order valence-corrected chi connectivity index (χ0v) is 25.6. The molecule has 1 aromatic carbocycles. The number of alkyl halides is 2. The number of halogens is 2. The van der Waals surface area contributed by atoms with Crippen LogP contribution in [0.5, 0.6) is 0 Å². The summed E-state index contributed by atoms with van der Waals surface area (Å²) in [5.74, 6) is 2.49. The number of fused-ring (bicyclic) bond motifs is 2. The Bertz CT molecular complexity index is 1240. The Kier molecular flexibility index (Phi) is 10.2. The molecular formula is C33H48F2N6. The van der Waals surface area contributed by atoms with Gasteiger partial charge in [0, 0.05) is 36.8 Å². The van der Waals surface area contributed by atoms with E-state index in [9.17, 15) is 14.0 Å². The molecule has 41 heavy (non-hydrogen) atoms. The van der Waals surface area contributed by atoms with Gasteiger partial charge in [-0.2, -0.15) is 5.26 Å². The average molecular weight is 567 g/mol. The number of nitrogens with two attached hydrogens (primary N) is 1. The van der Waals surface area contributed by atoms with Gasteiger partial charge in [-0.3, -0.25) is 4.90 Å². The van der Waals surface area contributed by atoms with E-state index in [4.69, 9.17) is 10.7 Å². The largest absolute Gasteiger partial charge is 0.398 e. The molecule has 2 saturated heterocycles. The zero-order chi connectivity index (χ0) is 29.7. The molecule has 8 heteroatoms. The highest BCUT2D eigenvalue weighted by molar-refractivity contribution is 5.62. The van der Waals surface area contributed by atoms with Gasteiger partial charge in [0.05, 0.1) is 11.3 Å². The second-order valence-corrected chi connectivity index (χ2v) is 12.4. The van der Waals surface area contributed by atoms with E-state index in [2.05, 4.69) is 55.0 Å². The highest BCUT2D eigenvalue weighted by Crippen LogP contribution is 2.41. The fourth-order valence-corrected chi connectivity index (χ4v) is 6.61. The van der Waals surface area contributed by atoms with Crippen molar-refractivity contribution >= 4 is 11.5 Å². The SMILES string of the molecule is CC12CCCN1CC(F)C2.CCc1nc2c(c(NC)n1)CCC(c1c([C@@H](C)CC)ccc(N)c1C#N)C2.FC1CC1. The molecule has 0 radical (unpaired) electrons. The van der Waals surface area contributed by atoms with Crippen LogP contribution >= 0.6 is 0 Å². The molecule has 0 spiro atoms. The van der Waals surface area contributed by atoms with Crippen molar-refractivity contribution < 1.29 is 8.78 Å². The maximum Gasteiger partial charge on any atom is 0.132 e. The lowest BCUT2D eigenvalue weighted by atomic mass is 9.76. The second kappa shape index (κ2) is 13.5. The number of anilines is 2. The first kappa shape index (κ1) is 31.2. The quantitative estimate of drug-likeness (QED) is 0.378. The van der Waals surface area contributed by atoms with Gasteiger partial charge in [0.1, 0.15) is 30.1 Å². The Morgan fingerprint density at radius 1 is 1.20 bits per heavy atom. The first-order chi connectivity index (χ1) is 19.6. The second-order valence-electron chi connectivity index (χ2n) is 12.4. The molecule has 2 aromatic rings. The van der Waals surface area contributed by atoms with E-state index in [1.54, 1.807) is 0 Å². The maximum atomic E-state index is 12.8. The molecule has 3 heterocycles. The van der Waals surface area contributed by atoms with E-state index in [-0.39, 0.29) is 11.5 Å². The van der Waals surface area contributed by atoms with Crippen molar-refractivity contribution in [3.8, 4) is 6.07 Å². The summed E-state index contributed by atoms with van der Waals surface area (Å²) in [6.07, 6.45) is 8.50. The molecule has 1 aromatic heterocycles. The van der Waals surface area contributed by atoms with Crippen LogP contribution in [0.3, 0.4) is 0 Å². The number of benzene rings is 1. The minimum absolute atomic E-state index is 0.236. The van der Waals surface area contributed by atoms with E-state index in [1.165, 1.54) is 24.0 Å². The van der Waals surface area contributed by atoms with Crippen LogP contribution < -0.4 is 11.1 Å². The van der Waals surface area contributed by atoms with Gasteiger partial charge in [0.25, 0.3) is 0 Å². The number of rotatable bonds is 5. The van der Waals surface area contributed by atoms with Crippen molar-refractivity contribution in [2.24, 2.45) is 0 Å². The number of aryl methyl sites for hydroxylation is 1. The number of hydrogen-bond donors (Lipinski definition) is 2. The topological polar surface area (TPSA) is 90.9 Å². The number of hydrogen-bond acceptors (Lipinski definition) is 6. The molecule has 4 aliphatic rings. The summed E-state index contributed by atoms with van der Waals surface area (Å²) in [5, 5.41) is 13.0. The van der Waals surface area contributed by atoms with Crippen LogP contribution in [0, 0.1) is 11.3 Å². The Hall–Kier alpha value is -2.79. The standard InChI is InChI=1S/C22H29N5.C8H14FN.C3H5F/c1-5-13(3)15-9-10-18(24)17(12-23)21(15)14-7-8-16-19(11-14)26-20(6-2)27-22(16)25-4;1-8-3-2-4-10(8)6-7(9)5-8;4-3-1-2-3/h9-10,13-14H,5-8,11,24H2,1-4H3,(H,25,26,27);7H,2-6H2,1H3;3H,1-2H2/t13-,14?;;/m0../s1. The molecule has 6 nitrogen and oxygen atoms in total. The monoisotopic (exact) mass is 566 g/mol. The van der Waals surface area contributed by atoms with Gasteiger partial charge in [-0.25, -0.2) is 18.7 Å². The van der Waals surface area contributed by atoms with Crippen molar-refractivity contribution in [2.75, 3.05) is 31.2 Å². The molecule has 224 valence electrons. The molecule has 3 N–H and O–H groups in total. The highest BCUT2D eigenvalue weighted by atomic mass is 19.1. The molecule has 4 atom stereocenters.